The van der Waals surface area contributed by atoms with E-state index in [0.717, 1.165) is 24.3 Å². The van der Waals surface area contributed by atoms with Gasteiger partial charge in [0.15, 0.2) is 0 Å². The molecule has 31 heavy (non-hydrogen) atoms. The minimum absolute atomic E-state index is 0.0532. The number of non-ortho nitro benzene ring substituents is 2. The van der Waals surface area contributed by atoms with Crippen LogP contribution >= 0.6 is 0 Å². The van der Waals surface area contributed by atoms with Crippen LogP contribution in [0.5, 0.6) is 0 Å². The molecule has 2 aromatic rings. The molecule has 0 fully saturated rings. The predicted octanol–water partition coefficient (Wildman–Crippen LogP) is 2.93. The maximum atomic E-state index is 13.6. The van der Waals surface area contributed by atoms with Gasteiger partial charge >= 0.3 is 6.18 Å². The van der Waals surface area contributed by atoms with Gasteiger partial charge in [0.25, 0.3) is 17.1 Å². The van der Waals surface area contributed by atoms with E-state index in [4.69, 9.17) is 0 Å². The van der Waals surface area contributed by atoms with Crippen molar-refractivity contribution in [1.82, 2.24) is 5.01 Å². The van der Waals surface area contributed by atoms with Crippen LogP contribution in [0.2, 0.25) is 0 Å². The molecule has 1 amide bonds. The lowest BCUT2D eigenvalue weighted by Crippen LogP contribution is -2.57. The summed E-state index contributed by atoms with van der Waals surface area (Å²) < 4.78 is 40.9. The van der Waals surface area contributed by atoms with E-state index in [0.29, 0.717) is 0 Å². The average Bonchev–Trinajstić information content (AvgIpc) is 3.07. The molecule has 1 N–H and O–H groups in total. The number of amides is 1. The number of carbonyl (C=O) groups is 1. The first-order valence-corrected chi connectivity index (χ1v) is 8.60. The fourth-order valence-electron chi connectivity index (χ4n) is 2.97. The van der Waals surface area contributed by atoms with E-state index < -0.39 is 46.2 Å². The van der Waals surface area contributed by atoms with E-state index in [2.05, 4.69) is 5.10 Å². The van der Waals surface area contributed by atoms with Gasteiger partial charge in [0.2, 0.25) is 5.91 Å². The number of nitro groups is 2. The summed E-state index contributed by atoms with van der Waals surface area (Å²) in [6, 6.07) is 9.19. The van der Waals surface area contributed by atoms with Gasteiger partial charge < -0.3 is 5.11 Å². The third kappa shape index (κ3) is 4.21. The van der Waals surface area contributed by atoms with Gasteiger partial charge in [-0.15, -0.1) is 0 Å². The van der Waals surface area contributed by atoms with Crippen LogP contribution in [0, 0.1) is 20.2 Å². The van der Waals surface area contributed by atoms with E-state index in [1.807, 2.05) is 0 Å². The Morgan fingerprint density at radius 2 is 1.71 bits per heavy atom. The molecule has 0 unspecified atom stereocenters. The van der Waals surface area contributed by atoms with Crippen molar-refractivity contribution < 1.29 is 32.9 Å². The largest absolute Gasteiger partial charge is 0.438 e. The Morgan fingerprint density at radius 3 is 2.26 bits per heavy atom. The van der Waals surface area contributed by atoms with Crippen molar-refractivity contribution in [2.24, 2.45) is 5.10 Å². The van der Waals surface area contributed by atoms with Crippen LogP contribution in [0.1, 0.15) is 17.5 Å². The molecule has 2 aromatic carbocycles. The van der Waals surface area contributed by atoms with Gasteiger partial charge in [0.05, 0.1) is 28.4 Å². The highest BCUT2D eigenvalue weighted by Crippen LogP contribution is 2.41. The molecule has 10 nitrogen and oxygen atoms in total. The number of hydrogen-bond donors (Lipinski definition) is 1. The molecule has 1 aliphatic heterocycles. The quantitative estimate of drug-likeness (QED) is 0.562. The number of carbonyl (C=O) groups excluding carboxylic acids is 1. The highest BCUT2D eigenvalue weighted by molar-refractivity contribution is 6.04. The summed E-state index contributed by atoms with van der Waals surface area (Å²) in [4.78, 5) is 32.8. The summed E-state index contributed by atoms with van der Waals surface area (Å²) in [5, 5.41) is 35.4. The molecular formula is C18H13F3N4O6. The molecule has 0 saturated heterocycles. The van der Waals surface area contributed by atoms with E-state index >= 15 is 0 Å². The van der Waals surface area contributed by atoms with Crippen molar-refractivity contribution in [3.05, 3.63) is 79.9 Å². The molecule has 3 rings (SSSR count). The summed E-state index contributed by atoms with van der Waals surface area (Å²) >= 11 is 0. The van der Waals surface area contributed by atoms with Gasteiger partial charge in [0.1, 0.15) is 0 Å². The molecular weight excluding hydrogens is 425 g/mol. The van der Waals surface area contributed by atoms with E-state index in [1.54, 1.807) is 0 Å². The first-order valence-electron chi connectivity index (χ1n) is 8.60. The summed E-state index contributed by atoms with van der Waals surface area (Å²) in [7, 11) is 0. The topological polar surface area (TPSA) is 139 Å². The van der Waals surface area contributed by atoms with Crippen LogP contribution in [-0.2, 0) is 11.2 Å². The average molecular weight is 438 g/mol. The molecule has 1 heterocycles. The van der Waals surface area contributed by atoms with Crippen LogP contribution < -0.4 is 0 Å². The molecule has 1 atom stereocenters. The molecule has 13 heteroatoms. The Morgan fingerprint density at radius 1 is 1.10 bits per heavy atom. The van der Waals surface area contributed by atoms with Gasteiger partial charge in [-0.3, -0.25) is 25.0 Å². The number of nitro benzene ring substituents is 2. The SMILES string of the molecule is O=C(Cc1ccc([N+](=O)[O-])cc1)N1N=C(c2cccc([N+](=O)[O-])c2)C[C@@]1(O)C(F)(F)F. The van der Waals surface area contributed by atoms with Crippen LogP contribution in [-0.4, -0.2) is 43.5 Å². The summed E-state index contributed by atoms with van der Waals surface area (Å²) in [5.74, 6) is -1.21. The molecule has 0 radical (unpaired) electrons. The zero-order valence-corrected chi connectivity index (χ0v) is 15.4. The number of nitrogens with zero attached hydrogens (tertiary/aromatic N) is 4. The number of aliphatic hydroxyl groups is 1. The van der Waals surface area contributed by atoms with Crippen molar-refractivity contribution in [2.75, 3.05) is 0 Å². The van der Waals surface area contributed by atoms with Crippen molar-refractivity contribution in [2.45, 2.75) is 24.7 Å². The Hall–Kier alpha value is -3.87. The van der Waals surface area contributed by atoms with Crippen molar-refractivity contribution >= 4 is 23.0 Å². The highest BCUT2D eigenvalue weighted by atomic mass is 19.4. The molecule has 0 saturated carbocycles. The van der Waals surface area contributed by atoms with E-state index in [-0.39, 0.29) is 27.5 Å². The number of hydrazone groups is 1. The summed E-state index contributed by atoms with van der Waals surface area (Å²) in [5.41, 5.74) is -4.56. The molecule has 0 aromatic heterocycles. The number of rotatable bonds is 5. The molecule has 0 aliphatic carbocycles. The molecule has 0 bridgehead atoms. The van der Waals surface area contributed by atoms with E-state index in [1.165, 1.54) is 24.3 Å². The van der Waals surface area contributed by atoms with Crippen LogP contribution in [0.25, 0.3) is 0 Å². The smallest absolute Gasteiger partial charge is 0.362 e. The number of alkyl halides is 3. The zero-order chi connectivity index (χ0) is 23.0. The van der Waals surface area contributed by atoms with Gasteiger partial charge in [-0.1, -0.05) is 24.3 Å². The summed E-state index contributed by atoms with van der Waals surface area (Å²) in [6.45, 7) is 0. The Balaban J connectivity index is 1.94. The van der Waals surface area contributed by atoms with Gasteiger partial charge in [-0.2, -0.15) is 23.3 Å². The summed E-state index contributed by atoms with van der Waals surface area (Å²) in [6.07, 6.45) is -7.02. The maximum Gasteiger partial charge on any atom is 0.438 e. The Bertz CT molecular complexity index is 1090. The number of halogens is 3. The molecule has 0 spiro atoms. The maximum absolute atomic E-state index is 13.6. The van der Waals surface area contributed by atoms with Gasteiger partial charge in [0, 0.05) is 29.8 Å². The minimum Gasteiger partial charge on any atom is -0.362 e. The van der Waals surface area contributed by atoms with Crippen LogP contribution in [0.3, 0.4) is 0 Å². The second-order valence-corrected chi connectivity index (χ2v) is 6.65. The molecule has 162 valence electrons. The van der Waals surface area contributed by atoms with Crippen LogP contribution in [0.15, 0.2) is 53.6 Å². The van der Waals surface area contributed by atoms with E-state index in [9.17, 15) is 43.3 Å². The normalized spacial score (nSPS) is 18.6. The number of hydrogen-bond acceptors (Lipinski definition) is 7. The predicted molar refractivity (Wildman–Crippen MR) is 98.9 cm³/mol. The Kier molecular flexibility index (Phi) is 5.46. The monoisotopic (exact) mass is 438 g/mol. The number of benzene rings is 2. The van der Waals surface area contributed by atoms with Gasteiger partial charge in [-0.25, -0.2) is 0 Å². The third-order valence-corrected chi connectivity index (χ3v) is 4.57. The lowest BCUT2D eigenvalue weighted by atomic mass is 10.00. The molecule has 1 aliphatic rings. The third-order valence-electron chi connectivity index (χ3n) is 4.57. The lowest BCUT2D eigenvalue weighted by molar-refractivity contribution is -0.385. The fraction of sp³-hybridized carbons (Fsp3) is 0.222. The van der Waals surface area contributed by atoms with Crippen LogP contribution in [0.4, 0.5) is 24.5 Å². The Labute approximate surface area is 171 Å². The van der Waals surface area contributed by atoms with Crippen molar-refractivity contribution in [3.8, 4) is 0 Å². The standard InChI is InChI=1S/C18H13F3N4O6/c19-18(20,21)17(27)10-15(12-2-1-3-14(9-12)25(30)31)22-23(17)16(26)8-11-4-6-13(7-5-11)24(28)29/h1-7,9,27H,8,10H2/t17-/m1/s1. The first kappa shape index (κ1) is 21.8. The van der Waals surface area contributed by atoms with Crippen molar-refractivity contribution in [3.63, 3.8) is 0 Å². The highest BCUT2D eigenvalue weighted by Gasteiger charge is 2.63. The minimum atomic E-state index is -5.27. The fourth-order valence-corrected chi connectivity index (χ4v) is 2.97. The van der Waals surface area contributed by atoms with Gasteiger partial charge in [-0.05, 0) is 5.56 Å². The second-order valence-electron chi connectivity index (χ2n) is 6.65. The van der Waals surface area contributed by atoms with Crippen molar-refractivity contribution in [1.29, 1.82) is 0 Å². The second kappa shape index (κ2) is 7.75. The zero-order valence-electron chi connectivity index (χ0n) is 15.4. The first-order chi connectivity index (χ1) is 14.4. The lowest BCUT2D eigenvalue weighted by Gasteiger charge is -2.32.